The van der Waals surface area contributed by atoms with Gasteiger partial charge in [0, 0.05) is 32.7 Å². The summed E-state index contributed by atoms with van der Waals surface area (Å²) >= 11 is 7.07. The summed E-state index contributed by atoms with van der Waals surface area (Å²) in [5.41, 5.74) is 7.08. The summed E-state index contributed by atoms with van der Waals surface area (Å²) in [6.07, 6.45) is 0. The van der Waals surface area contributed by atoms with Crippen LogP contribution in [0.3, 0.4) is 0 Å². The Labute approximate surface area is 130 Å². The van der Waals surface area contributed by atoms with Crippen molar-refractivity contribution in [2.24, 2.45) is 5.73 Å². The van der Waals surface area contributed by atoms with Crippen molar-refractivity contribution in [2.75, 3.05) is 13.6 Å². The van der Waals surface area contributed by atoms with Gasteiger partial charge in [-0.15, -0.1) is 22.7 Å². The van der Waals surface area contributed by atoms with Crippen LogP contribution in [0, 0.1) is 13.8 Å². The summed E-state index contributed by atoms with van der Waals surface area (Å²) in [5.74, 6) is 0. The molecule has 0 fully saturated rings. The topological polar surface area (TPSA) is 42.2 Å². The maximum absolute atomic E-state index is 5.96. The number of aryl methyl sites for hydroxylation is 2. The van der Waals surface area contributed by atoms with E-state index in [0.29, 0.717) is 6.54 Å². The Balaban J connectivity index is 2.12. The Hall–Kier alpha value is -0.270. The van der Waals surface area contributed by atoms with Gasteiger partial charge in [-0.25, -0.2) is 4.98 Å². The predicted molar refractivity (Wildman–Crippen MR) is 86.9 cm³/mol. The molecule has 0 aliphatic heterocycles. The Kier molecular flexibility index (Phi) is 5.14. The summed E-state index contributed by atoms with van der Waals surface area (Å²) < 4.78 is 1.17. The Morgan fingerprint density at radius 3 is 2.68 bits per heavy atom. The van der Waals surface area contributed by atoms with E-state index < -0.39 is 0 Å². The number of thiophene rings is 1. The monoisotopic (exact) mass is 359 g/mol. The van der Waals surface area contributed by atoms with Crippen LogP contribution in [0.15, 0.2) is 15.9 Å². The summed E-state index contributed by atoms with van der Waals surface area (Å²) in [5, 5.41) is 3.23. The van der Waals surface area contributed by atoms with Crippen LogP contribution in [0.25, 0.3) is 0 Å². The highest BCUT2D eigenvalue weighted by Crippen LogP contribution is 2.33. The first-order valence-electron chi connectivity index (χ1n) is 6.08. The quantitative estimate of drug-likeness (QED) is 0.884. The number of thiazole rings is 1. The molecular formula is C13H18BrN3S2. The molecule has 0 spiro atoms. The molecule has 104 valence electrons. The van der Waals surface area contributed by atoms with Gasteiger partial charge in [0.05, 0.1) is 16.7 Å². The summed E-state index contributed by atoms with van der Waals surface area (Å²) in [6.45, 7) is 5.61. The third kappa shape index (κ3) is 3.64. The fourth-order valence-corrected chi connectivity index (χ4v) is 4.35. The molecule has 0 amide bonds. The number of rotatable bonds is 5. The molecule has 1 unspecified atom stereocenters. The van der Waals surface area contributed by atoms with E-state index in [1.807, 2.05) is 6.92 Å². The molecule has 0 saturated carbocycles. The number of hydrogen-bond acceptors (Lipinski definition) is 5. The van der Waals surface area contributed by atoms with Gasteiger partial charge in [0.15, 0.2) is 0 Å². The van der Waals surface area contributed by atoms with Gasteiger partial charge in [0.25, 0.3) is 0 Å². The standard InChI is InChI=1S/C13H18BrN3S2/c1-8-11(14)4-13(19-8)12(5-15)17(3)6-10-7-18-9(2)16-10/h4,7,12H,5-6,15H2,1-3H3. The smallest absolute Gasteiger partial charge is 0.0897 e. The molecule has 0 aliphatic carbocycles. The van der Waals surface area contributed by atoms with Gasteiger partial charge < -0.3 is 5.73 Å². The van der Waals surface area contributed by atoms with Gasteiger partial charge >= 0.3 is 0 Å². The van der Waals surface area contributed by atoms with Crippen LogP contribution in [0.4, 0.5) is 0 Å². The van der Waals surface area contributed by atoms with E-state index in [0.717, 1.165) is 17.2 Å². The van der Waals surface area contributed by atoms with Crippen molar-refractivity contribution in [3.63, 3.8) is 0 Å². The number of nitrogens with zero attached hydrogens (tertiary/aromatic N) is 2. The molecule has 0 radical (unpaired) electrons. The highest BCUT2D eigenvalue weighted by molar-refractivity contribution is 9.10. The van der Waals surface area contributed by atoms with Crippen molar-refractivity contribution in [2.45, 2.75) is 26.4 Å². The molecule has 2 heterocycles. The second kappa shape index (κ2) is 6.45. The van der Waals surface area contributed by atoms with Crippen molar-refractivity contribution >= 4 is 38.6 Å². The summed E-state index contributed by atoms with van der Waals surface area (Å²) in [7, 11) is 2.11. The average Bonchev–Trinajstić information content (AvgIpc) is 2.88. The van der Waals surface area contributed by atoms with E-state index in [1.165, 1.54) is 14.2 Å². The second-order valence-electron chi connectivity index (χ2n) is 4.58. The SMILES string of the molecule is Cc1nc(CN(C)C(CN)c2cc(Br)c(C)s2)cs1. The second-order valence-corrected chi connectivity index (χ2v) is 7.78. The zero-order valence-corrected chi connectivity index (χ0v) is 14.5. The van der Waals surface area contributed by atoms with E-state index in [1.54, 1.807) is 22.7 Å². The minimum atomic E-state index is 0.247. The van der Waals surface area contributed by atoms with E-state index in [4.69, 9.17) is 5.73 Å². The number of likely N-dealkylation sites (N-methyl/N-ethyl adjacent to an activating group) is 1. The fourth-order valence-electron chi connectivity index (χ4n) is 2.01. The van der Waals surface area contributed by atoms with Crippen LogP contribution in [-0.4, -0.2) is 23.5 Å². The Morgan fingerprint density at radius 1 is 1.47 bits per heavy atom. The van der Waals surface area contributed by atoms with Crippen LogP contribution in [0.5, 0.6) is 0 Å². The maximum atomic E-state index is 5.96. The fraction of sp³-hybridized carbons (Fsp3) is 0.462. The van der Waals surface area contributed by atoms with Gasteiger partial charge in [-0.2, -0.15) is 0 Å². The normalized spacial score (nSPS) is 13.2. The van der Waals surface area contributed by atoms with Gasteiger partial charge in [-0.05, 0) is 42.9 Å². The van der Waals surface area contributed by atoms with Crippen molar-refractivity contribution in [3.05, 3.63) is 36.4 Å². The maximum Gasteiger partial charge on any atom is 0.0897 e. The van der Waals surface area contributed by atoms with Crippen LogP contribution < -0.4 is 5.73 Å². The largest absolute Gasteiger partial charge is 0.329 e. The van der Waals surface area contributed by atoms with Crippen molar-refractivity contribution in [3.8, 4) is 0 Å². The molecule has 0 aliphatic rings. The molecule has 0 bridgehead atoms. The van der Waals surface area contributed by atoms with Crippen LogP contribution in [0.2, 0.25) is 0 Å². The van der Waals surface area contributed by atoms with Gasteiger partial charge in [-0.1, -0.05) is 0 Å². The number of nitrogens with two attached hydrogens (primary N) is 1. The molecular weight excluding hydrogens is 342 g/mol. The first-order valence-corrected chi connectivity index (χ1v) is 8.57. The lowest BCUT2D eigenvalue weighted by Gasteiger charge is -2.25. The molecule has 0 aromatic carbocycles. The number of halogens is 1. The van der Waals surface area contributed by atoms with E-state index in [-0.39, 0.29) is 6.04 Å². The third-order valence-corrected chi connectivity index (χ3v) is 6.10. The van der Waals surface area contributed by atoms with Gasteiger partial charge in [0.1, 0.15) is 0 Å². The highest BCUT2D eigenvalue weighted by atomic mass is 79.9. The zero-order valence-electron chi connectivity index (χ0n) is 11.3. The lowest BCUT2D eigenvalue weighted by Crippen LogP contribution is -2.29. The van der Waals surface area contributed by atoms with Crippen molar-refractivity contribution < 1.29 is 0 Å². The van der Waals surface area contributed by atoms with Crippen molar-refractivity contribution in [1.29, 1.82) is 0 Å². The summed E-state index contributed by atoms with van der Waals surface area (Å²) in [4.78, 5) is 9.39. The molecule has 0 saturated heterocycles. The number of aromatic nitrogens is 1. The third-order valence-electron chi connectivity index (χ3n) is 3.04. The highest BCUT2D eigenvalue weighted by Gasteiger charge is 2.19. The molecule has 19 heavy (non-hydrogen) atoms. The van der Waals surface area contributed by atoms with Crippen LogP contribution >= 0.6 is 38.6 Å². The zero-order chi connectivity index (χ0) is 14.0. The Bertz CT molecular complexity index is 530. The minimum Gasteiger partial charge on any atom is -0.329 e. The Morgan fingerprint density at radius 2 is 2.21 bits per heavy atom. The average molecular weight is 360 g/mol. The molecule has 2 N–H and O–H groups in total. The van der Waals surface area contributed by atoms with Gasteiger partial charge in [0.2, 0.25) is 0 Å². The van der Waals surface area contributed by atoms with Crippen LogP contribution in [-0.2, 0) is 6.54 Å². The van der Waals surface area contributed by atoms with Gasteiger partial charge in [-0.3, -0.25) is 4.90 Å². The first-order chi connectivity index (χ1) is 9.01. The minimum absolute atomic E-state index is 0.247. The molecule has 1 atom stereocenters. The lowest BCUT2D eigenvalue weighted by molar-refractivity contribution is 0.242. The van der Waals surface area contributed by atoms with E-state index in [9.17, 15) is 0 Å². The molecule has 6 heteroatoms. The molecule has 2 rings (SSSR count). The summed E-state index contributed by atoms with van der Waals surface area (Å²) in [6, 6.07) is 2.43. The first kappa shape index (κ1) is 15.1. The molecule has 2 aromatic heterocycles. The predicted octanol–water partition coefficient (Wildman–Crippen LogP) is 3.72. The van der Waals surface area contributed by atoms with E-state index in [2.05, 4.69) is 51.2 Å². The number of hydrogen-bond donors (Lipinski definition) is 1. The van der Waals surface area contributed by atoms with Crippen molar-refractivity contribution in [1.82, 2.24) is 9.88 Å². The van der Waals surface area contributed by atoms with Crippen LogP contribution in [0.1, 0.15) is 26.5 Å². The molecule has 3 nitrogen and oxygen atoms in total. The lowest BCUT2D eigenvalue weighted by atomic mass is 10.2. The molecule has 2 aromatic rings. The van der Waals surface area contributed by atoms with E-state index >= 15 is 0 Å².